The maximum atomic E-state index is 2.92. The summed E-state index contributed by atoms with van der Waals surface area (Å²) in [5.41, 5.74) is 31.6. The molecule has 9 aromatic carbocycles. The number of quaternary nitrogens is 3. The van der Waals surface area contributed by atoms with Gasteiger partial charge in [0.1, 0.15) is 0 Å². The van der Waals surface area contributed by atoms with Gasteiger partial charge in [-0.3, -0.25) is 13.8 Å². The molecule has 0 bridgehead atoms. The van der Waals surface area contributed by atoms with E-state index < -0.39 is 24.7 Å². The van der Waals surface area contributed by atoms with E-state index in [0.29, 0.717) is 47.0 Å². The van der Waals surface area contributed by atoms with E-state index in [-0.39, 0.29) is 32.9 Å². The summed E-state index contributed by atoms with van der Waals surface area (Å²) in [7, 11) is 15.8. The highest BCUT2D eigenvalue weighted by Crippen LogP contribution is 2.67. The molecule has 10 unspecified atom stereocenters. The Bertz CT molecular complexity index is 5790. The van der Waals surface area contributed by atoms with Crippen LogP contribution in [0.2, 0.25) is 55.9 Å². The van der Waals surface area contributed by atoms with Crippen LogP contribution < -0.4 is 14.7 Å². The van der Waals surface area contributed by atoms with Crippen LogP contribution >= 0.6 is 0 Å². The molecule has 12 heteroatoms. The van der Waals surface area contributed by atoms with Crippen LogP contribution in [0.15, 0.2) is 290 Å². The summed E-state index contributed by atoms with van der Waals surface area (Å²) in [6.45, 7) is 54.9. The van der Waals surface area contributed by atoms with Gasteiger partial charge >= 0.3 is 0 Å². The minimum atomic E-state index is -1.89. The largest absolute Gasteiger partial charge is 0.310 e. The Balaban J connectivity index is 0.000000148. The van der Waals surface area contributed by atoms with E-state index in [9.17, 15) is 0 Å². The first-order valence-electron chi connectivity index (χ1n) is 52.2. The van der Waals surface area contributed by atoms with Crippen molar-refractivity contribution in [1.82, 2.24) is 14.0 Å². The van der Waals surface area contributed by atoms with Crippen LogP contribution in [0, 0.1) is 41.4 Å². The van der Waals surface area contributed by atoms with Crippen LogP contribution in [-0.2, 0) is 16.2 Å². The second-order valence-electron chi connectivity index (χ2n) is 50.3. The van der Waals surface area contributed by atoms with Crippen molar-refractivity contribution in [3.05, 3.63) is 323 Å². The van der Waals surface area contributed by atoms with Gasteiger partial charge in [-0.2, -0.15) is 14.0 Å². The molecule has 10 atom stereocenters. The summed E-state index contributed by atoms with van der Waals surface area (Å²) in [4.78, 5) is 7.25. The molecule has 0 amide bonds. The Kier molecular flexibility index (Phi) is 27.5. The molecule has 0 spiro atoms. The summed E-state index contributed by atoms with van der Waals surface area (Å²) in [6, 6.07) is 86.9. The van der Waals surface area contributed by atoms with Gasteiger partial charge in [0, 0.05) is 67.4 Å². The van der Waals surface area contributed by atoms with E-state index >= 15 is 0 Å². The quantitative estimate of drug-likeness (QED) is 0.0339. The molecule has 0 heterocycles. The SMILES string of the molecule is CC1(C)C2=CC3C(C=C2c2ccc(N(c4ccccc4)c4ccccc4)cc21)CCC3[Si](C)(C)N(C(C)(C)C)[N+](C)(C)C.CC1CC2C=C3C(=CC2C1[Si](C)(C)N(C(C)(C)C)[N+](C)(C)C)C(C)(C)c1cc(N(c2ccccc2)c2ccccc2)ccc13.CCCCC1(CCCC)C2=CC3C(C=C2c2ccc(N(c4ccccc4)c4ccccc4)cc21)CCC3[Si](C)(C)N(C(C)(C)C)[N+](C)(C)C. The highest BCUT2D eigenvalue weighted by molar-refractivity contribution is 6.77. The van der Waals surface area contributed by atoms with Crippen molar-refractivity contribution in [2.75, 3.05) is 78.1 Å². The highest BCUT2D eigenvalue weighted by Gasteiger charge is 2.62. The number of nitrogens with zero attached hydrogens (tertiary/aromatic N) is 9. The Labute approximate surface area is 827 Å². The first kappa shape index (κ1) is 100. The van der Waals surface area contributed by atoms with E-state index in [0.717, 1.165) is 24.9 Å². The molecule has 136 heavy (non-hydrogen) atoms. The van der Waals surface area contributed by atoms with Gasteiger partial charge in [-0.25, -0.2) is 0 Å². The zero-order valence-electron chi connectivity index (χ0n) is 89.6. The van der Waals surface area contributed by atoms with Gasteiger partial charge < -0.3 is 14.7 Å². The van der Waals surface area contributed by atoms with Crippen molar-refractivity contribution in [1.29, 1.82) is 0 Å². The molecular formula is C124H170N9Si3+3. The van der Waals surface area contributed by atoms with Crippen molar-refractivity contribution >= 4 is 92.6 Å². The fraction of sp³-hybridized carbons (Fsp3) is 0.468. The molecule has 9 aromatic rings. The second-order valence-corrected chi connectivity index (χ2v) is 63.6. The average Bonchev–Trinajstić information content (AvgIpc) is 1.50. The van der Waals surface area contributed by atoms with Gasteiger partial charge in [-0.05, 0) is 328 Å². The van der Waals surface area contributed by atoms with Crippen molar-refractivity contribution in [2.24, 2.45) is 41.4 Å². The van der Waals surface area contributed by atoms with Crippen LogP contribution in [0.5, 0.6) is 0 Å². The van der Waals surface area contributed by atoms with Crippen LogP contribution in [-0.4, -0.2) is 133 Å². The summed E-state index contributed by atoms with van der Waals surface area (Å²) in [6.07, 6.45) is 30.6. The predicted octanol–water partition coefficient (Wildman–Crippen LogP) is 32.9. The Morgan fingerprint density at radius 3 is 0.890 bits per heavy atom. The van der Waals surface area contributed by atoms with E-state index in [1.807, 2.05) is 0 Å². The minimum absolute atomic E-state index is 0.0379. The lowest BCUT2D eigenvalue weighted by molar-refractivity contribution is -0.978. The molecule has 18 rings (SSSR count). The number of allylic oxidation sites excluding steroid dienone is 12. The summed E-state index contributed by atoms with van der Waals surface area (Å²) in [5, 5.41) is 0. The van der Waals surface area contributed by atoms with Crippen molar-refractivity contribution in [3.63, 3.8) is 0 Å². The number of hydrogen-bond donors (Lipinski definition) is 0. The molecule has 9 aliphatic carbocycles. The molecule has 0 N–H and O–H groups in total. The van der Waals surface area contributed by atoms with Gasteiger partial charge in [0.25, 0.3) is 0 Å². The Morgan fingerprint density at radius 2 is 0.588 bits per heavy atom. The normalized spacial score (nSPS) is 22.9. The van der Waals surface area contributed by atoms with Crippen molar-refractivity contribution in [3.8, 4) is 0 Å². The van der Waals surface area contributed by atoms with Crippen molar-refractivity contribution in [2.45, 2.75) is 270 Å². The molecule has 0 aliphatic heterocycles. The van der Waals surface area contributed by atoms with Gasteiger partial charge in [-0.15, -0.1) is 0 Å². The standard InChI is InChI=1S/C45H64N3Si.C40H54N3Si.C39H52N3Si/c1-11-13-29-45(30-14-12-2)41-32-37(46(35-21-17-15-18-22-35)36-23-19-16-20-24-36)26-27-38(41)40-31-34-25-28-43(39(34)33-42(40)45)49(9,10)47(44(3,4)5)48(6,7)8;1-28-24-29-25-35-33-23-22-32(41(30-18-14-12-15-19-30)31-20-16-13-17-21-31)26-36(33)40(5,6)37(35)27-34(29)38(28)44(10,11)42(39(2,3)4)43(7,8)9;1-38(2,3)41(42(6,7)8)43(9,10)37-24-21-28-25-34-32-23-22-31(26-35(32)39(4,5)36(34)27-33(28)37)40(29-17-13-11-14-18-29)30-19-15-12-16-20-30/h15-24,26-27,31-34,39,43H,11-14,25,28-30H2,1-10H3;12-23,25-29,34,38H,24H2,1-11H3;11-20,22-23,25-28,33,37H,21,24H2,1-10H3/q3*+1. The lowest BCUT2D eigenvalue weighted by atomic mass is 9.68. The number of fused-ring (bicyclic) bond motifs is 12. The van der Waals surface area contributed by atoms with E-state index in [4.69, 9.17) is 0 Å². The van der Waals surface area contributed by atoms with Gasteiger partial charge in [0.05, 0.1) is 80.0 Å². The number of hydrogen-bond acceptors (Lipinski definition) is 6. The molecule has 720 valence electrons. The van der Waals surface area contributed by atoms with Crippen LogP contribution in [0.25, 0.3) is 16.7 Å². The van der Waals surface area contributed by atoms with Crippen molar-refractivity contribution < 1.29 is 13.8 Å². The summed E-state index contributed by atoms with van der Waals surface area (Å²) >= 11 is 0. The van der Waals surface area contributed by atoms with Crippen LogP contribution in [0.1, 0.15) is 215 Å². The number of anilines is 9. The highest BCUT2D eigenvalue weighted by atomic mass is 28.3. The van der Waals surface area contributed by atoms with E-state index in [1.54, 1.807) is 27.9 Å². The third kappa shape index (κ3) is 18.6. The zero-order chi connectivity index (χ0) is 98.0. The number of benzene rings is 9. The summed E-state index contributed by atoms with van der Waals surface area (Å²) < 4.78 is 11.4. The van der Waals surface area contributed by atoms with Gasteiger partial charge in [-0.1, -0.05) is 290 Å². The second kappa shape index (κ2) is 37.3. The molecule has 9 nitrogen and oxygen atoms in total. The van der Waals surface area contributed by atoms with Crippen LogP contribution in [0.3, 0.4) is 0 Å². The zero-order valence-corrected chi connectivity index (χ0v) is 92.6. The predicted molar refractivity (Wildman–Crippen MR) is 594 cm³/mol. The van der Waals surface area contributed by atoms with Gasteiger partial charge in [0.15, 0.2) is 24.7 Å². The molecular weight excluding hydrogens is 1700 g/mol. The average molecular weight is 1870 g/mol. The van der Waals surface area contributed by atoms with E-state index in [1.165, 1.54) is 161 Å². The fourth-order valence-corrected chi connectivity index (χ4v) is 48.5. The monoisotopic (exact) mass is 1870 g/mol. The lowest BCUT2D eigenvalue weighted by Gasteiger charge is -2.55. The summed E-state index contributed by atoms with van der Waals surface area (Å²) in [5.74, 6) is 4.44. The molecule has 0 radical (unpaired) electrons. The molecule has 0 saturated heterocycles. The maximum Gasteiger partial charge on any atom is 0.191 e. The number of rotatable bonds is 24. The molecule has 9 aliphatic rings. The first-order chi connectivity index (χ1) is 63.9. The molecule has 0 aromatic heterocycles. The number of para-hydroxylation sites is 6. The topological polar surface area (TPSA) is 19.4 Å². The Morgan fingerprint density at radius 1 is 0.316 bits per heavy atom. The molecule has 3 saturated carbocycles. The minimum Gasteiger partial charge on any atom is -0.310 e. The van der Waals surface area contributed by atoms with Crippen LogP contribution in [0.4, 0.5) is 51.2 Å². The Hall–Kier alpha value is -8.77. The van der Waals surface area contributed by atoms with E-state index in [2.05, 4.69) is 515 Å². The van der Waals surface area contributed by atoms with Gasteiger partial charge in [0.2, 0.25) is 0 Å². The number of unbranched alkanes of at least 4 members (excludes halogenated alkanes) is 2. The first-order valence-corrected chi connectivity index (χ1v) is 61.3. The smallest absolute Gasteiger partial charge is 0.191 e. The third-order valence-electron chi connectivity index (χ3n) is 33.2. The molecule has 3 fully saturated rings. The maximum absolute atomic E-state index is 2.92. The lowest BCUT2D eigenvalue weighted by Crippen LogP contribution is -2.72. The fourth-order valence-electron chi connectivity index (χ4n) is 30.6. The third-order valence-corrected chi connectivity index (χ3v) is 47.8.